The number of hydrogen-bond acceptors (Lipinski definition) is 4. The van der Waals surface area contributed by atoms with Crippen LogP contribution in [0.15, 0.2) is 36.5 Å². The molecule has 1 saturated carbocycles. The van der Waals surface area contributed by atoms with E-state index in [1.54, 1.807) is 12.1 Å². The highest BCUT2D eigenvalue weighted by Crippen LogP contribution is 2.33. The average molecular weight is 337 g/mol. The molecule has 0 amide bonds. The topological polar surface area (TPSA) is 60.2 Å². The Morgan fingerprint density at radius 2 is 2.04 bits per heavy atom. The molecule has 1 aromatic heterocycles. The SMILES string of the molecule is N[C@H]1CC[C@H](Nc2ccc(-c3c(F)cccc3OC(F)F)cn2)C1. The van der Waals surface area contributed by atoms with Gasteiger partial charge in [0.2, 0.25) is 0 Å². The minimum atomic E-state index is -3.02. The van der Waals surface area contributed by atoms with Crippen molar-refractivity contribution in [1.29, 1.82) is 0 Å². The fourth-order valence-corrected chi connectivity index (χ4v) is 2.96. The predicted molar refractivity (Wildman–Crippen MR) is 85.5 cm³/mol. The van der Waals surface area contributed by atoms with Crippen LogP contribution >= 0.6 is 0 Å². The summed E-state index contributed by atoms with van der Waals surface area (Å²) in [7, 11) is 0. The molecule has 128 valence electrons. The number of rotatable bonds is 5. The third-order valence-corrected chi connectivity index (χ3v) is 4.07. The molecule has 0 bridgehead atoms. The summed E-state index contributed by atoms with van der Waals surface area (Å²) in [4.78, 5) is 4.24. The van der Waals surface area contributed by atoms with Crippen LogP contribution in [0.3, 0.4) is 0 Å². The Bertz CT molecular complexity index is 694. The number of hydrogen-bond donors (Lipinski definition) is 2. The normalized spacial score (nSPS) is 20.4. The van der Waals surface area contributed by atoms with E-state index >= 15 is 0 Å². The number of pyridine rings is 1. The molecular formula is C17H18F3N3O. The van der Waals surface area contributed by atoms with Gasteiger partial charge in [-0.1, -0.05) is 6.07 Å². The predicted octanol–water partition coefficient (Wildman–Crippen LogP) is 3.78. The molecule has 1 fully saturated rings. The van der Waals surface area contributed by atoms with Gasteiger partial charge in [-0.25, -0.2) is 9.37 Å². The molecule has 2 atom stereocenters. The summed E-state index contributed by atoms with van der Waals surface area (Å²) in [6.07, 6.45) is 4.26. The molecule has 4 nitrogen and oxygen atoms in total. The first-order chi connectivity index (χ1) is 11.5. The third-order valence-electron chi connectivity index (χ3n) is 4.07. The lowest BCUT2D eigenvalue weighted by molar-refractivity contribution is -0.0495. The Morgan fingerprint density at radius 1 is 1.21 bits per heavy atom. The number of nitrogens with one attached hydrogen (secondary N) is 1. The fourth-order valence-electron chi connectivity index (χ4n) is 2.96. The molecular weight excluding hydrogens is 319 g/mol. The number of ether oxygens (including phenoxy) is 1. The van der Waals surface area contributed by atoms with Gasteiger partial charge < -0.3 is 15.8 Å². The molecule has 0 spiro atoms. The minimum Gasteiger partial charge on any atom is -0.434 e. The Balaban J connectivity index is 1.80. The van der Waals surface area contributed by atoms with Crippen LogP contribution in [-0.2, 0) is 0 Å². The maximum Gasteiger partial charge on any atom is 0.387 e. The lowest BCUT2D eigenvalue weighted by Crippen LogP contribution is -2.21. The maximum absolute atomic E-state index is 14.1. The summed E-state index contributed by atoms with van der Waals surface area (Å²) < 4.78 is 43.5. The largest absolute Gasteiger partial charge is 0.434 e. The zero-order valence-electron chi connectivity index (χ0n) is 12.9. The van der Waals surface area contributed by atoms with E-state index in [2.05, 4.69) is 15.0 Å². The highest BCUT2D eigenvalue weighted by molar-refractivity contribution is 5.71. The number of nitrogens with zero attached hydrogens (tertiary/aromatic N) is 1. The first-order valence-electron chi connectivity index (χ1n) is 7.75. The minimum absolute atomic E-state index is 0.0280. The van der Waals surface area contributed by atoms with E-state index in [9.17, 15) is 13.2 Å². The molecule has 0 saturated heterocycles. The second-order valence-electron chi connectivity index (χ2n) is 5.84. The van der Waals surface area contributed by atoms with E-state index < -0.39 is 12.4 Å². The van der Waals surface area contributed by atoms with Crippen LogP contribution in [0.2, 0.25) is 0 Å². The molecule has 0 radical (unpaired) electrons. The number of benzene rings is 1. The first-order valence-corrected chi connectivity index (χ1v) is 7.75. The Hall–Kier alpha value is -2.28. The van der Waals surface area contributed by atoms with Crippen molar-refractivity contribution in [3.8, 4) is 16.9 Å². The van der Waals surface area contributed by atoms with Gasteiger partial charge in [0, 0.05) is 23.8 Å². The highest BCUT2D eigenvalue weighted by Gasteiger charge is 2.22. The Labute approximate surface area is 137 Å². The Morgan fingerprint density at radius 3 is 2.67 bits per heavy atom. The van der Waals surface area contributed by atoms with Gasteiger partial charge in [0.15, 0.2) is 0 Å². The highest BCUT2D eigenvalue weighted by atomic mass is 19.3. The summed E-state index contributed by atoms with van der Waals surface area (Å²) >= 11 is 0. The van der Waals surface area contributed by atoms with Gasteiger partial charge in [-0.3, -0.25) is 0 Å². The van der Waals surface area contributed by atoms with Crippen LogP contribution in [0.5, 0.6) is 5.75 Å². The molecule has 24 heavy (non-hydrogen) atoms. The standard InChI is InChI=1S/C17H18F3N3O/c18-13-2-1-3-14(24-17(19)20)16(13)10-4-7-15(22-9-10)23-12-6-5-11(21)8-12/h1-4,7,9,11-12,17H,5-6,8,21H2,(H,22,23)/t11-,12-/m0/s1. The molecule has 3 rings (SSSR count). The third kappa shape index (κ3) is 3.79. The number of alkyl halides is 2. The number of aromatic nitrogens is 1. The smallest absolute Gasteiger partial charge is 0.387 e. The second-order valence-corrected chi connectivity index (χ2v) is 5.84. The number of nitrogens with two attached hydrogens (primary N) is 1. The van der Waals surface area contributed by atoms with Crippen LogP contribution in [-0.4, -0.2) is 23.7 Å². The van der Waals surface area contributed by atoms with Gasteiger partial charge in [-0.2, -0.15) is 8.78 Å². The van der Waals surface area contributed by atoms with Crippen molar-refractivity contribution in [2.75, 3.05) is 5.32 Å². The van der Waals surface area contributed by atoms with Crippen molar-refractivity contribution in [3.05, 3.63) is 42.3 Å². The summed E-state index contributed by atoms with van der Waals surface area (Å²) in [6, 6.07) is 7.61. The summed E-state index contributed by atoms with van der Waals surface area (Å²) in [5.74, 6) is -0.211. The molecule has 1 heterocycles. The Kier molecular flexibility index (Phi) is 4.89. The van der Waals surface area contributed by atoms with Crippen LogP contribution in [0.1, 0.15) is 19.3 Å². The average Bonchev–Trinajstić information content (AvgIpc) is 2.93. The summed E-state index contributed by atoms with van der Waals surface area (Å²) in [5, 5.41) is 3.28. The molecule has 0 aliphatic heterocycles. The lowest BCUT2D eigenvalue weighted by atomic mass is 10.1. The molecule has 1 aliphatic carbocycles. The molecule has 2 aromatic rings. The van der Waals surface area contributed by atoms with Crippen molar-refractivity contribution in [2.24, 2.45) is 5.73 Å². The first kappa shape index (κ1) is 16.6. The van der Waals surface area contributed by atoms with Gasteiger partial charge in [0.25, 0.3) is 0 Å². The van der Waals surface area contributed by atoms with Crippen molar-refractivity contribution < 1.29 is 17.9 Å². The van der Waals surface area contributed by atoms with Crippen LogP contribution in [0.25, 0.3) is 11.1 Å². The number of anilines is 1. The van der Waals surface area contributed by atoms with Crippen molar-refractivity contribution in [1.82, 2.24) is 4.98 Å². The monoisotopic (exact) mass is 337 g/mol. The van der Waals surface area contributed by atoms with Gasteiger partial charge in [0.1, 0.15) is 17.4 Å². The zero-order valence-corrected chi connectivity index (χ0v) is 12.9. The molecule has 1 aromatic carbocycles. The summed E-state index contributed by atoms with van der Waals surface area (Å²) in [6.45, 7) is -3.02. The van der Waals surface area contributed by atoms with E-state index in [0.29, 0.717) is 11.4 Å². The molecule has 7 heteroatoms. The van der Waals surface area contributed by atoms with Crippen LogP contribution in [0.4, 0.5) is 19.0 Å². The van der Waals surface area contributed by atoms with Gasteiger partial charge >= 0.3 is 6.61 Å². The van der Waals surface area contributed by atoms with E-state index in [1.165, 1.54) is 24.4 Å². The molecule has 1 aliphatic rings. The van der Waals surface area contributed by atoms with Crippen molar-refractivity contribution in [3.63, 3.8) is 0 Å². The van der Waals surface area contributed by atoms with Gasteiger partial charge in [-0.05, 0) is 43.5 Å². The van der Waals surface area contributed by atoms with Gasteiger partial charge in [0.05, 0.1) is 5.56 Å². The molecule has 3 N–H and O–H groups in total. The summed E-state index contributed by atoms with van der Waals surface area (Å²) in [5.41, 5.74) is 6.22. The zero-order chi connectivity index (χ0) is 17.1. The van der Waals surface area contributed by atoms with E-state index in [0.717, 1.165) is 19.3 Å². The van der Waals surface area contributed by atoms with Crippen LogP contribution < -0.4 is 15.8 Å². The van der Waals surface area contributed by atoms with E-state index in [4.69, 9.17) is 5.73 Å². The second kappa shape index (κ2) is 7.09. The number of halogens is 3. The van der Waals surface area contributed by atoms with Crippen molar-refractivity contribution in [2.45, 2.75) is 38.0 Å². The fraction of sp³-hybridized carbons (Fsp3) is 0.353. The quantitative estimate of drug-likeness (QED) is 0.872. The lowest BCUT2D eigenvalue weighted by Gasteiger charge is -2.14. The molecule has 0 unspecified atom stereocenters. The van der Waals surface area contributed by atoms with Gasteiger partial charge in [-0.15, -0.1) is 0 Å². The van der Waals surface area contributed by atoms with Crippen LogP contribution in [0, 0.1) is 5.82 Å². The maximum atomic E-state index is 14.1. The van der Waals surface area contributed by atoms with E-state index in [1.807, 2.05) is 0 Å². The van der Waals surface area contributed by atoms with Crippen molar-refractivity contribution >= 4 is 5.82 Å². The van der Waals surface area contributed by atoms with E-state index in [-0.39, 0.29) is 23.4 Å².